The molecule has 6 heteroatoms. The van der Waals surface area contributed by atoms with E-state index in [0.717, 1.165) is 37.1 Å². The van der Waals surface area contributed by atoms with Crippen molar-refractivity contribution in [3.63, 3.8) is 0 Å². The standard InChI is InChI=1S/C28H37N3O3/c1-22-8-7-11-24(18-22)19-29-28(33)27(25-12-5-6-13-25)31-16-14-30(15-17-31)26(32)21-34-20-23-9-3-2-4-10-23/h2-4,7-11,18,25,27H,5-6,12-17,19-21H2,1H3,(H,29,33). The molecule has 1 heterocycles. The van der Waals surface area contributed by atoms with E-state index < -0.39 is 0 Å². The minimum absolute atomic E-state index is 0.0249. The van der Waals surface area contributed by atoms with Crippen LogP contribution in [0.25, 0.3) is 0 Å². The van der Waals surface area contributed by atoms with Gasteiger partial charge in [-0.2, -0.15) is 0 Å². The molecule has 2 amide bonds. The number of hydrogen-bond donors (Lipinski definition) is 1. The van der Waals surface area contributed by atoms with Gasteiger partial charge in [0, 0.05) is 32.7 Å². The average molecular weight is 464 g/mol. The summed E-state index contributed by atoms with van der Waals surface area (Å²) in [6.07, 6.45) is 4.61. The maximum atomic E-state index is 13.3. The fourth-order valence-electron chi connectivity index (χ4n) is 5.24. The van der Waals surface area contributed by atoms with Gasteiger partial charge in [-0.05, 0) is 36.8 Å². The maximum absolute atomic E-state index is 13.3. The predicted molar refractivity (Wildman–Crippen MR) is 133 cm³/mol. The van der Waals surface area contributed by atoms with E-state index >= 15 is 0 Å². The van der Waals surface area contributed by atoms with Crippen LogP contribution in [0.2, 0.25) is 0 Å². The van der Waals surface area contributed by atoms with Crippen LogP contribution >= 0.6 is 0 Å². The summed E-state index contributed by atoms with van der Waals surface area (Å²) < 4.78 is 5.64. The lowest BCUT2D eigenvalue weighted by Gasteiger charge is -2.40. The summed E-state index contributed by atoms with van der Waals surface area (Å²) in [6.45, 7) is 5.90. The second-order valence-electron chi connectivity index (χ2n) is 9.59. The van der Waals surface area contributed by atoms with E-state index in [4.69, 9.17) is 4.74 Å². The zero-order valence-electron chi connectivity index (χ0n) is 20.2. The zero-order chi connectivity index (χ0) is 23.8. The van der Waals surface area contributed by atoms with Crippen molar-refractivity contribution in [2.75, 3.05) is 32.8 Å². The van der Waals surface area contributed by atoms with Gasteiger partial charge >= 0.3 is 0 Å². The molecule has 1 saturated carbocycles. The molecule has 0 spiro atoms. The number of nitrogens with one attached hydrogen (secondary N) is 1. The Labute approximate surface area is 203 Å². The summed E-state index contributed by atoms with van der Waals surface area (Å²) in [7, 11) is 0. The van der Waals surface area contributed by atoms with Crippen LogP contribution in [0.1, 0.15) is 42.4 Å². The van der Waals surface area contributed by atoms with E-state index in [1.165, 1.54) is 18.4 Å². The Kier molecular flexibility index (Phi) is 8.72. The van der Waals surface area contributed by atoms with Crippen molar-refractivity contribution < 1.29 is 14.3 Å². The van der Waals surface area contributed by atoms with Gasteiger partial charge in [0.2, 0.25) is 11.8 Å². The Morgan fingerprint density at radius 1 is 0.971 bits per heavy atom. The van der Waals surface area contributed by atoms with Gasteiger partial charge in [0.1, 0.15) is 6.61 Å². The first-order valence-corrected chi connectivity index (χ1v) is 12.6. The molecule has 1 saturated heterocycles. The minimum atomic E-state index is -0.112. The van der Waals surface area contributed by atoms with Crippen LogP contribution in [-0.4, -0.2) is 60.4 Å². The molecule has 1 N–H and O–H groups in total. The Morgan fingerprint density at radius 3 is 2.38 bits per heavy atom. The molecular weight excluding hydrogens is 426 g/mol. The molecular formula is C28H37N3O3. The van der Waals surface area contributed by atoms with Gasteiger partial charge in [-0.1, -0.05) is 73.0 Å². The molecule has 0 radical (unpaired) electrons. The highest BCUT2D eigenvalue weighted by Crippen LogP contribution is 2.31. The third-order valence-electron chi connectivity index (χ3n) is 7.06. The van der Waals surface area contributed by atoms with Crippen LogP contribution < -0.4 is 5.32 Å². The summed E-state index contributed by atoms with van der Waals surface area (Å²) in [5, 5.41) is 3.20. The molecule has 4 rings (SSSR count). The number of benzene rings is 2. The monoisotopic (exact) mass is 463 g/mol. The molecule has 2 fully saturated rings. The fraction of sp³-hybridized carbons (Fsp3) is 0.500. The van der Waals surface area contributed by atoms with E-state index in [1.807, 2.05) is 41.3 Å². The van der Waals surface area contributed by atoms with Gasteiger partial charge in [-0.3, -0.25) is 14.5 Å². The van der Waals surface area contributed by atoms with Crippen LogP contribution in [0.3, 0.4) is 0 Å². The van der Waals surface area contributed by atoms with Crippen molar-refractivity contribution >= 4 is 11.8 Å². The first kappa shape index (κ1) is 24.4. The summed E-state index contributed by atoms with van der Waals surface area (Å²) in [4.78, 5) is 30.1. The molecule has 2 aromatic carbocycles. The van der Waals surface area contributed by atoms with Crippen molar-refractivity contribution in [1.29, 1.82) is 0 Å². The predicted octanol–water partition coefficient (Wildman–Crippen LogP) is 3.53. The molecule has 0 bridgehead atoms. The second-order valence-corrected chi connectivity index (χ2v) is 9.59. The lowest BCUT2D eigenvalue weighted by Crippen LogP contribution is -2.58. The van der Waals surface area contributed by atoms with Gasteiger partial charge in [0.25, 0.3) is 0 Å². The lowest BCUT2D eigenvalue weighted by atomic mass is 9.95. The minimum Gasteiger partial charge on any atom is -0.367 e. The van der Waals surface area contributed by atoms with E-state index in [0.29, 0.717) is 32.2 Å². The molecule has 1 atom stereocenters. The molecule has 1 unspecified atom stereocenters. The summed E-state index contributed by atoms with van der Waals surface area (Å²) >= 11 is 0. The Bertz CT molecular complexity index is 935. The molecule has 2 aromatic rings. The maximum Gasteiger partial charge on any atom is 0.248 e. The molecule has 1 aliphatic heterocycles. The smallest absolute Gasteiger partial charge is 0.248 e. The highest BCUT2D eigenvalue weighted by Gasteiger charge is 2.37. The second kappa shape index (κ2) is 12.1. The number of ether oxygens (including phenoxy) is 1. The van der Waals surface area contributed by atoms with Crippen molar-refractivity contribution in [2.24, 2.45) is 5.92 Å². The number of amides is 2. The van der Waals surface area contributed by atoms with Crippen molar-refractivity contribution in [3.05, 3.63) is 71.3 Å². The van der Waals surface area contributed by atoms with Gasteiger partial charge in [0.15, 0.2) is 0 Å². The number of nitrogens with zero attached hydrogens (tertiary/aromatic N) is 2. The highest BCUT2D eigenvalue weighted by molar-refractivity contribution is 5.82. The Hall–Kier alpha value is -2.70. The van der Waals surface area contributed by atoms with Crippen LogP contribution in [0.15, 0.2) is 54.6 Å². The molecule has 182 valence electrons. The lowest BCUT2D eigenvalue weighted by molar-refractivity contribution is -0.139. The first-order valence-electron chi connectivity index (χ1n) is 12.6. The average Bonchev–Trinajstić information content (AvgIpc) is 3.38. The largest absolute Gasteiger partial charge is 0.367 e. The van der Waals surface area contributed by atoms with Gasteiger partial charge in [-0.25, -0.2) is 0 Å². The number of carbonyl (C=O) groups is 2. The third kappa shape index (κ3) is 6.67. The molecule has 2 aliphatic rings. The number of rotatable bonds is 9. The van der Waals surface area contributed by atoms with E-state index in [9.17, 15) is 9.59 Å². The van der Waals surface area contributed by atoms with Crippen LogP contribution in [0, 0.1) is 12.8 Å². The summed E-state index contributed by atoms with van der Waals surface area (Å²) in [5.41, 5.74) is 3.40. The molecule has 0 aromatic heterocycles. The van der Waals surface area contributed by atoms with Crippen LogP contribution in [-0.2, 0) is 27.5 Å². The first-order chi connectivity index (χ1) is 16.6. The molecule has 34 heavy (non-hydrogen) atoms. The normalized spacial score (nSPS) is 18.1. The van der Waals surface area contributed by atoms with Gasteiger partial charge in [-0.15, -0.1) is 0 Å². The van der Waals surface area contributed by atoms with Crippen LogP contribution in [0.5, 0.6) is 0 Å². The Balaban J connectivity index is 1.28. The number of aryl methyl sites for hydroxylation is 1. The zero-order valence-corrected chi connectivity index (χ0v) is 20.2. The Morgan fingerprint density at radius 2 is 1.68 bits per heavy atom. The number of carbonyl (C=O) groups excluding carboxylic acids is 2. The quantitative estimate of drug-likeness (QED) is 0.618. The van der Waals surface area contributed by atoms with Crippen molar-refractivity contribution in [3.8, 4) is 0 Å². The van der Waals surface area contributed by atoms with E-state index in [-0.39, 0.29) is 24.5 Å². The fourth-order valence-corrected chi connectivity index (χ4v) is 5.24. The van der Waals surface area contributed by atoms with Gasteiger partial charge < -0.3 is 15.0 Å². The SMILES string of the molecule is Cc1cccc(CNC(=O)C(C2CCCC2)N2CCN(C(=O)COCc3ccccc3)CC2)c1. The van der Waals surface area contributed by atoms with Gasteiger partial charge in [0.05, 0.1) is 12.6 Å². The highest BCUT2D eigenvalue weighted by atomic mass is 16.5. The van der Waals surface area contributed by atoms with E-state index in [2.05, 4.69) is 35.3 Å². The number of hydrogen-bond acceptors (Lipinski definition) is 4. The topological polar surface area (TPSA) is 61.9 Å². The summed E-state index contributed by atoms with van der Waals surface area (Å²) in [6, 6.07) is 18.1. The van der Waals surface area contributed by atoms with Crippen LogP contribution in [0.4, 0.5) is 0 Å². The molecule has 6 nitrogen and oxygen atoms in total. The summed E-state index contributed by atoms with van der Waals surface area (Å²) in [5.74, 6) is 0.547. The van der Waals surface area contributed by atoms with E-state index in [1.54, 1.807) is 0 Å². The van der Waals surface area contributed by atoms with Crippen molar-refractivity contribution in [1.82, 2.24) is 15.1 Å². The third-order valence-corrected chi connectivity index (χ3v) is 7.06. The van der Waals surface area contributed by atoms with Crippen molar-refractivity contribution in [2.45, 2.75) is 51.8 Å². The number of piperazine rings is 1. The molecule has 1 aliphatic carbocycles.